The molecule has 2 N–H and O–H groups in total. The van der Waals surface area contributed by atoms with Crippen LogP contribution in [0.3, 0.4) is 0 Å². The largest absolute Gasteiger partial charge is 0.393 e. The minimum atomic E-state index is -4.43. The number of H-pyrrole nitrogens is 1. The van der Waals surface area contributed by atoms with Gasteiger partial charge in [-0.15, -0.1) is 0 Å². The van der Waals surface area contributed by atoms with Gasteiger partial charge in [0, 0.05) is 6.20 Å². The van der Waals surface area contributed by atoms with E-state index in [0.29, 0.717) is 23.3 Å². The second-order valence-corrected chi connectivity index (χ2v) is 8.27. The zero-order chi connectivity index (χ0) is 25.4. The van der Waals surface area contributed by atoms with Gasteiger partial charge in [-0.2, -0.15) is 13.2 Å². The van der Waals surface area contributed by atoms with Crippen LogP contribution in [0.25, 0.3) is 27.8 Å². The summed E-state index contributed by atoms with van der Waals surface area (Å²) in [5.74, 6) is -0.528. The quantitative estimate of drug-likeness (QED) is 0.305. The minimum Gasteiger partial charge on any atom is -0.373 e. The SMILES string of the molecule is CC[C@H](Nc1ccnc2nc[nH]c12)c1nc2cccc(F)c2c(=O)n1-c1cccc(CC(F)(F)F)c1. The number of alkyl halides is 3. The van der Waals surface area contributed by atoms with E-state index < -0.39 is 30.0 Å². The monoisotopic (exact) mass is 496 g/mol. The summed E-state index contributed by atoms with van der Waals surface area (Å²) < 4.78 is 55.1. The molecule has 0 aliphatic rings. The van der Waals surface area contributed by atoms with Gasteiger partial charge < -0.3 is 10.3 Å². The number of nitrogens with zero attached hydrogens (tertiary/aromatic N) is 4. The fourth-order valence-corrected chi connectivity index (χ4v) is 4.23. The Kier molecular flexibility index (Phi) is 5.91. The summed E-state index contributed by atoms with van der Waals surface area (Å²) in [5.41, 5.74) is 1.36. The Labute approximate surface area is 201 Å². The summed E-state index contributed by atoms with van der Waals surface area (Å²) in [6.07, 6.45) is -2.06. The van der Waals surface area contributed by atoms with E-state index >= 15 is 0 Å². The number of imidazole rings is 1. The molecule has 0 spiro atoms. The van der Waals surface area contributed by atoms with Crippen molar-refractivity contribution < 1.29 is 17.6 Å². The lowest BCUT2D eigenvalue weighted by Crippen LogP contribution is -2.29. The van der Waals surface area contributed by atoms with Crippen molar-refractivity contribution in [1.29, 1.82) is 0 Å². The molecule has 5 aromatic rings. The third kappa shape index (κ3) is 4.39. The van der Waals surface area contributed by atoms with Crippen LogP contribution in [0.4, 0.5) is 23.2 Å². The molecule has 2 aromatic carbocycles. The van der Waals surface area contributed by atoms with Gasteiger partial charge in [0.25, 0.3) is 5.56 Å². The predicted octanol–water partition coefficient (Wildman–Crippen LogP) is 5.46. The van der Waals surface area contributed by atoms with Crippen LogP contribution in [0.15, 0.2) is 65.8 Å². The standard InChI is InChI=1S/C25H20F4N6O/c1-2-17(33-19-9-10-30-22-21(19)31-13-32-22)23-34-18-8-4-7-16(26)20(18)24(36)35(23)15-6-3-5-14(11-15)12-25(27,28)29/h3-11,13,17H,2,12H2,1H3,(H2,30,31,32,33)/t17-/m0/s1. The summed E-state index contributed by atoms with van der Waals surface area (Å²) in [7, 11) is 0. The Morgan fingerprint density at radius 2 is 1.92 bits per heavy atom. The van der Waals surface area contributed by atoms with Crippen molar-refractivity contribution in [3.63, 3.8) is 0 Å². The first-order valence-corrected chi connectivity index (χ1v) is 11.2. The zero-order valence-corrected chi connectivity index (χ0v) is 19.0. The maximum Gasteiger partial charge on any atom is 0.393 e. The summed E-state index contributed by atoms with van der Waals surface area (Å²) in [6.45, 7) is 1.87. The minimum absolute atomic E-state index is 0.0270. The van der Waals surface area contributed by atoms with Crippen LogP contribution in [-0.2, 0) is 6.42 Å². The van der Waals surface area contributed by atoms with Crippen LogP contribution in [0.1, 0.15) is 30.8 Å². The maximum atomic E-state index is 14.7. The van der Waals surface area contributed by atoms with Gasteiger partial charge in [0.15, 0.2) is 5.65 Å². The van der Waals surface area contributed by atoms with Crippen LogP contribution < -0.4 is 10.9 Å². The van der Waals surface area contributed by atoms with Crippen LogP contribution in [0.5, 0.6) is 0 Å². The van der Waals surface area contributed by atoms with Gasteiger partial charge >= 0.3 is 6.18 Å². The molecule has 3 heterocycles. The fraction of sp³-hybridized carbons (Fsp3) is 0.200. The molecule has 1 atom stereocenters. The van der Waals surface area contributed by atoms with E-state index in [0.717, 1.165) is 6.07 Å². The van der Waals surface area contributed by atoms with Crippen LogP contribution in [0.2, 0.25) is 0 Å². The average Bonchev–Trinajstić information content (AvgIpc) is 3.31. The van der Waals surface area contributed by atoms with Crippen LogP contribution in [0, 0.1) is 5.82 Å². The van der Waals surface area contributed by atoms with Gasteiger partial charge in [0.2, 0.25) is 0 Å². The third-order valence-electron chi connectivity index (χ3n) is 5.82. The van der Waals surface area contributed by atoms with Crippen molar-refractivity contribution in [2.24, 2.45) is 0 Å². The second kappa shape index (κ2) is 9.06. The van der Waals surface area contributed by atoms with Crippen LogP contribution >= 0.6 is 0 Å². The summed E-state index contributed by atoms with van der Waals surface area (Å²) in [5, 5.41) is 3.10. The molecule has 0 aliphatic carbocycles. The van der Waals surface area contributed by atoms with E-state index in [2.05, 4.69) is 25.3 Å². The zero-order valence-electron chi connectivity index (χ0n) is 19.0. The highest BCUT2D eigenvalue weighted by Gasteiger charge is 2.28. The first-order valence-electron chi connectivity index (χ1n) is 11.2. The Balaban J connectivity index is 1.71. The number of aromatic nitrogens is 5. The van der Waals surface area contributed by atoms with Crippen molar-refractivity contribution in [3.8, 4) is 5.69 Å². The predicted molar refractivity (Wildman–Crippen MR) is 128 cm³/mol. The van der Waals surface area contributed by atoms with Crippen molar-refractivity contribution in [2.75, 3.05) is 5.32 Å². The van der Waals surface area contributed by atoms with Crippen molar-refractivity contribution >= 4 is 27.8 Å². The first-order chi connectivity index (χ1) is 17.2. The molecule has 0 aliphatic heterocycles. The molecule has 5 rings (SSSR count). The lowest BCUT2D eigenvalue weighted by atomic mass is 10.1. The molecule has 0 bridgehead atoms. The molecule has 36 heavy (non-hydrogen) atoms. The van der Waals surface area contributed by atoms with E-state index in [1.165, 1.54) is 47.3 Å². The maximum absolute atomic E-state index is 14.7. The molecule has 0 radical (unpaired) electrons. The average molecular weight is 496 g/mol. The van der Waals surface area contributed by atoms with E-state index in [1.54, 1.807) is 12.3 Å². The molecule has 7 nitrogen and oxygen atoms in total. The smallest absolute Gasteiger partial charge is 0.373 e. The molecule has 184 valence electrons. The number of benzene rings is 2. The van der Waals surface area contributed by atoms with E-state index in [9.17, 15) is 22.4 Å². The number of hydrogen-bond acceptors (Lipinski definition) is 5. The number of nitrogens with one attached hydrogen (secondary N) is 2. The van der Waals surface area contributed by atoms with Crippen molar-refractivity contribution in [2.45, 2.75) is 32.0 Å². The first kappa shape index (κ1) is 23.5. The molecule has 0 amide bonds. The number of fused-ring (bicyclic) bond motifs is 2. The molecular formula is C25H20F4N6O. The third-order valence-corrected chi connectivity index (χ3v) is 5.82. The normalized spacial score (nSPS) is 12.8. The van der Waals surface area contributed by atoms with Crippen molar-refractivity contribution in [1.82, 2.24) is 24.5 Å². The Bertz CT molecular complexity index is 1630. The molecular weight excluding hydrogens is 476 g/mol. The number of rotatable bonds is 6. The summed E-state index contributed by atoms with van der Waals surface area (Å²) in [6, 6.07) is 10.8. The Morgan fingerprint density at radius 1 is 1.11 bits per heavy atom. The van der Waals surface area contributed by atoms with Gasteiger partial charge in [-0.05, 0) is 42.3 Å². The number of aromatic amines is 1. The molecule has 3 aromatic heterocycles. The second-order valence-electron chi connectivity index (χ2n) is 8.27. The van der Waals surface area contributed by atoms with E-state index in [1.807, 2.05) is 6.92 Å². The van der Waals surface area contributed by atoms with Gasteiger partial charge in [0.05, 0.1) is 35.7 Å². The Hall–Kier alpha value is -4.28. The highest BCUT2D eigenvalue weighted by molar-refractivity contribution is 5.85. The van der Waals surface area contributed by atoms with Gasteiger partial charge in [-0.25, -0.2) is 19.3 Å². The molecule has 0 saturated heterocycles. The number of halogens is 4. The summed E-state index contributed by atoms with van der Waals surface area (Å²) in [4.78, 5) is 29.6. The highest BCUT2D eigenvalue weighted by atomic mass is 19.4. The topological polar surface area (TPSA) is 88.5 Å². The fourth-order valence-electron chi connectivity index (χ4n) is 4.23. The Morgan fingerprint density at radius 3 is 2.69 bits per heavy atom. The summed E-state index contributed by atoms with van der Waals surface area (Å²) >= 11 is 0. The molecule has 11 heteroatoms. The van der Waals surface area contributed by atoms with E-state index in [4.69, 9.17) is 0 Å². The van der Waals surface area contributed by atoms with Gasteiger partial charge in [-0.3, -0.25) is 9.36 Å². The van der Waals surface area contributed by atoms with Gasteiger partial charge in [0.1, 0.15) is 22.5 Å². The van der Waals surface area contributed by atoms with Gasteiger partial charge in [-0.1, -0.05) is 25.1 Å². The lowest BCUT2D eigenvalue weighted by Gasteiger charge is -2.23. The van der Waals surface area contributed by atoms with Crippen molar-refractivity contribution in [3.05, 3.63) is 88.6 Å². The molecule has 0 fully saturated rings. The number of anilines is 1. The molecule has 0 saturated carbocycles. The number of hydrogen-bond donors (Lipinski definition) is 2. The lowest BCUT2D eigenvalue weighted by molar-refractivity contribution is -0.127. The highest BCUT2D eigenvalue weighted by Crippen LogP contribution is 2.28. The van der Waals surface area contributed by atoms with E-state index in [-0.39, 0.29) is 28.0 Å². The van der Waals surface area contributed by atoms with Crippen LogP contribution in [-0.4, -0.2) is 30.7 Å². The molecule has 0 unspecified atom stereocenters. The number of pyridine rings is 1.